The molecule has 4 nitrogen and oxygen atoms in total. The maximum absolute atomic E-state index is 13.7. The Morgan fingerprint density at radius 2 is 2.18 bits per heavy atom. The van der Waals surface area contributed by atoms with E-state index in [0.29, 0.717) is 10.9 Å². The summed E-state index contributed by atoms with van der Waals surface area (Å²) in [5, 5.41) is 2.42. The van der Waals surface area contributed by atoms with E-state index >= 15 is 0 Å². The second-order valence-corrected chi connectivity index (χ2v) is 6.09. The minimum absolute atomic E-state index is 0.0525. The molecule has 1 aromatic carbocycles. The van der Waals surface area contributed by atoms with Gasteiger partial charge in [0.05, 0.1) is 11.6 Å². The van der Waals surface area contributed by atoms with E-state index in [0.717, 1.165) is 12.8 Å². The number of carbonyl (C=O) groups is 2. The first-order valence-corrected chi connectivity index (χ1v) is 7.88. The van der Waals surface area contributed by atoms with Crippen molar-refractivity contribution < 1.29 is 18.7 Å². The molecule has 0 aliphatic heterocycles. The first kappa shape index (κ1) is 16.7. The van der Waals surface area contributed by atoms with E-state index in [1.54, 1.807) is 6.07 Å². The van der Waals surface area contributed by atoms with Gasteiger partial charge in [-0.05, 0) is 44.4 Å². The van der Waals surface area contributed by atoms with Gasteiger partial charge in [-0.25, -0.2) is 4.39 Å². The minimum Gasteiger partial charge on any atom is -0.452 e. The summed E-state index contributed by atoms with van der Waals surface area (Å²) in [6.07, 6.45) is 5.19. The van der Waals surface area contributed by atoms with Gasteiger partial charge in [0.15, 0.2) is 6.10 Å². The van der Waals surface area contributed by atoms with Gasteiger partial charge in [-0.15, -0.1) is 0 Å². The van der Waals surface area contributed by atoms with Gasteiger partial charge in [0.25, 0.3) is 5.91 Å². The van der Waals surface area contributed by atoms with Gasteiger partial charge >= 0.3 is 5.97 Å². The van der Waals surface area contributed by atoms with Gasteiger partial charge in [0.1, 0.15) is 5.82 Å². The van der Waals surface area contributed by atoms with Crippen molar-refractivity contribution in [3.8, 4) is 0 Å². The molecule has 0 spiro atoms. The minimum atomic E-state index is -0.971. The van der Waals surface area contributed by atoms with Crippen LogP contribution in [0.15, 0.2) is 34.8 Å². The number of anilines is 1. The van der Waals surface area contributed by atoms with E-state index in [1.165, 1.54) is 19.1 Å². The fraction of sp³-hybridized carbons (Fsp3) is 0.375. The monoisotopic (exact) mass is 369 g/mol. The number of allylic oxidation sites excluding steroid dienone is 2. The third-order valence-electron chi connectivity index (χ3n) is 3.45. The van der Waals surface area contributed by atoms with Crippen LogP contribution in [0.2, 0.25) is 0 Å². The number of hydrogen-bond donors (Lipinski definition) is 1. The van der Waals surface area contributed by atoms with Gasteiger partial charge < -0.3 is 10.1 Å². The number of hydrogen-bond acceptors (Lipinski definition) is 3. The molecule has 1 amide bonds. The zero-order chi connectivity index (χ0) is 16.1. The van der Waals surface area contributed by atoms with Gasteiger partial charge in [-0.1, -0.05) is 28.1 Å². The van der Waals surface area contributed by atoms with Crippen LogP contribution < -0.4 is 5.32 Å². The van der Waals surface area contributed by atoms with Crippen molar-refractivity contribution in [1.29, 1.82) is 0 Å². The van der Waals surface area contributed by atoms with Crippen molar-refractivity contribution in [2.45, 2.75) is 32.3 Å². The van der Waals surface area contributed by atoms with E-state index in [-0.39, 0.29) is 17.6 Å². The van der Waals surface area contributed by atoms with Crippen molar-refractivity contribution in [2.75, 3.05) is 5.32 Å². The van der Waals surface area contributed by atoms with Crippen LogP contribution in [0.3, 0.4) is 0 Å². The molecule has 1 aromatic rings. The molecule has 0 fully saturated rings. The zero-order valence-electron chi connectivity index (χ0n) is 12.1. The van der Waals surface area contributed by atoms with Gasteiger partial charge in [-0.2, -0.15) is 0 Å². The molecule has 0 radical (unpaired) electrons. The summed E-state index contributed by atoms with van der Waals surface area (Å²) in [4.78, 5) is 23.9. The summed E-state index contributed by atoms with van der Waals surface area (Å²) >= 11 is 3.14. The van der Waals surface area contributed by atoms with Crippen molar-refractivity contribution in [2.24, 2.45) is 5.92 Å². The topological polar surface area (TPSA) is 55.4 Å². The summed E-state index contributed by atoms with van der Waals surface area (Å²) in [5.74, 6) is -1.70. The van der Waals surface area contributed by atoms with E-state index < -0.39 is 17.8 Å². The van der Waals surface area contributed by atoms with Gasteiger partial charge in [-0.3, -0.25) is 9.59 Å². The van der Waals surface area contributed by atoms with Gasteiger partial charge in [0.2, 0.25) is 0 Å². The molecule has 1 aliphatic rings. The lowest BCUT2D eigenvalue weighted by Gasteiger charge is -2.19. The number of rotatable bonds is 4. The maximum Gasteiger partial charge on any atom is 0.310 e. The third-order valence-corrected chi connectivity index (χ3v) is 3.95. The standard InChI is InChI=1S/C16H17BrFNO3/c1-10(22-16(21)11-5-3-2-4-6-11)15(20)19-14-8-7-12(17)9-13(14)18/h2-3,7-11H,4-6H2,1H3,(H,19,20)/t10-,11+/m0/s1. The van der Waals surface area contributed by atoms with Crippen LogP contribution in [0.25, 0.3) is 0 Å². The summed E-state index contributed by atoms with van der Waals surface area (Å²) in [6, 6.07) is 4.31. The Labute approximate surface area is 136 Å². The van der Waals surface area contributed by atoms with Crippen LogP contribution in [-0.2, 0) is 14.3 Å². The number of amides is 1. The molecule has 2 atom stereocenters. The van der Waals surface area contributed by atoms with Crippen LogP contribution >= 0.6 is 15.9 Å². The zero-order valence-corrected chi connectivity index (χ0v) is 13.7. The van der Waals surface area contributed by atoms with Crippen LogP contribution in [-0.4, -0.2) is 18.0 Å². The van der Waals surface area contributed by atoms with Crippen LogP contribution in [0.5, 0.6) is 0 Å². The molecule has 1 aliphatic carbocycles. The van der Waals surface area contributed by atoms with Crippen molar-refractivity contribution in [3.05, 3.63) is 40.6 Å². The first-order valence-electron chi connectivity index (χ1n) is 7.09. The Morgan fingerprint density at radius 3 is 2.82 bits per heavy atom. The van der Waals surface area contributed by atoms with Crippen LogP contribution in [0, 0.1) is 11.7 Å². The first-order chi connectivity index (χ1) is 10.5. The molecular weight excluding hydrogens is 353 g/mol. The number of benzene rings is 1. The Morgan fingerprint density at radius 1 is 1.41 bits per heavy atom. The highest BCUT2D eigenvalue weighted by Gasteiger charge is 2.25. The molecule has 0 saturated carbocycles. The number of halogens is 2. The van der Waals surface area contributed by atoms with Crippen LogP contribution in [0.4, 0.5) is 10.1 Å². The van der Waals surface area contributed by atoms with E-state index in [2.05, 4.69) is 21.2 Å². The average molecular weight is 370 g/mol. The Hall–Kier alpha value is -1.69. The molecule has 22 heavy (non-hydrogen) atoms. The largest absolute Gasteiger partial charge is 0.452 e. The number of nitrogens with one attached hydrogen (secondary N) is 1. The molecule has 0 bridgehead atoms. The molecule has 0 saturated heterocycles. The molecular formula is C16H17BrFNO3. The quantitative estimate of drug-likeness (QED) is 0.648. The Bertz CT molecular complexity index is 603. The smallest absolute Gasteiger partial charge is 0.310 e. The fourth-order valence-electron chi connectivity index (χ4n) is 2.16. The molecule has 0 unspecified atom stereocenters. The Balaban J connectivity index is 1.91. The number of esters is 1. The second-order valence-electron chi connectivity index (χ2n) is 5.17. The number of ether oxygens (including phenoxy) is 1. The highest BCUT2D eigenvalue weighted by Crippen LogP contribution is 2.21. The molecule has 0 aromatic heterocycles. The molecule has 118 valence electrons. The fourth-order valence-corrected chi connectivity index (χ4v) is 2.49. The lowest BCUT2D eigenvalue weighted by molar-refractivity contribution is -0.157. The normalized spacial score (nSPS) is 18.6. The van der Waals surface area contributed by atoms with E-state index in [4.69, 9.17) is 4.74 Å². The maximum atomic E-state index is 13.7. The second kappa shape index (κ2) is 7.54. The molecule has 1 N–H and O–H groups in total. The predicted molar refractivity (Wildman–Crippen MR) is 84.8 cm³/mol. The van der Waals surface area contributed by atoms with Crippen molar-refractivity contribution in [1.82, 2.24) is 0 Å². The third kappa shape index (κ3) is 4.40. The van der Waals surface area contributed by atoms with Crippen molar-refractivity contribution >= 4 is 33.5 Å². The van der Waals surface area contributed by atoms with E-state index in [9.17, 15) is 14.0 Å². The van der Waals surface area contributed by atoms with Crippen LogP contribution in [0.1, 0.15) is 26.2 Å². The summed E-state index contributed by atoms with van der Waals surface area (Å²) in [5.41, 5.74) is 0.0525. The Kier molecular flexibility index (Phi) is 5.71. The highest BCUT2D eigenvalue weighted by molar-refractivity contribution is 9.10. The summed E-state index contributed by atoms with van der Waals surface area (Å²) < 4.78 is 19.4. The summed E-state index contributed by atoms with van der Waals surface area (Å²) in [6.45, 7) is 1.47. The summed E-state index contributed by atoms with van der Waals surface area (Å²) in [7, 11) is 0. The molecule has 6 heteroatoms. The number of carbonyl (C=O) groups excluding carboxylic acids is 2. The average Bonchev–Trinajstić information content (AvgIpc) is 2.50. The predicted octanol–water partition coefficient (Wildman–Crippen LogP) is 3.81. The van der Waals surface area contributed by atoms with Crippen molar-refractivity contribution in [3.63, 3.8) is 0 Å². The highest BCUT2D eigenvalue weighted by atomic mass is 79.9. The SMILES string of the molecule is C[C@H](OC(=O)[C@@H]1CC=CCC1)C(=O)Nc1ccc(Br)cc1F. The molecule has 0 heterocycles. The molecule has 2 rings (SSSR count). The van der Waals surface area contributed by atoms with E-state index in [1.807, 2.05) is 12.2 Å². The lowest BCUT2D eigenvalue weighted by Crippen LogP contribution is -2.32. The lowest BCUT2D eigenvalue weighted by atomic mass is 9.95. The van der Waals surface area contributed by atoms with Gasteiger partial charge in [0, 0.05) is 4.47 Å².